The van der Waals surface area contributed by atoms with Crippen molar-refractivity contribution in [2.24, 2.45) is 5.73 Å². The Bertz CT molecular complexity index is 216. The molecule has 3 N–H and O–H groups in total. The zero-order chi connectivity index (χ0) is 11.3. The highest BCUT2D eigenvalue weighted by molar-refractivity contribution is 5.85. The quantitative estimate of drug-likeness (QED) is 0.789. The van der Waals surface area contributed by atoms with Crippen LogP contribution in [0.5, 0.6) is 0 Å². The minimum Gasteiger partial charge on any atom is -0.378 e. The molecular formula is C11H23ClN2O2. The zero-order valence-electron chi connectivity index (χ0n) is 10.1. The van der Waals surface area contributed by atoms with Crippen molar-refractivity contribution >= 4 is 18.3 Å². The summed E-state index contributed by atoms with van der Waals surface area (Å²) in [5.41, 5.74) is 5.23. The zero-order valence-corrected chi connectivity index (χ0v) is 10.9. The molecule has 5 heteroatoms. The SMILES string of the molecule is CC(C)(CN)NC(=O)CC1CCCCO1.Cl. The summed E-state index contributed by atoms with van der Waals surface area (Å²) in [7, 11) is 0. The average molecular weight is 251 g/mol. The third kappa shape index (κ3) is 5.68. The normalized spacial score (nSPS) is 21.1. The maximum Gasteiger partial charge on any atom is 0.223 e. The van der Waals surface area contributed by atoms with E-state index in [4.69, 9.17) is 10.5 Å². The van der Waals surface area contributed by atoms with E-state index >= 15 is 0 Å². The molecule has 0 bridgehead atoms. The standard InChI is InChI=1S/C11H22N2O2.ClH/c1-11(2,8-12)13-10(14)7-9-5-3-4-6-15-9;/h9H,3-8,12H2,1-2H3,(H,13,14);1H. The van der Waals surface area contributed by atoms with Crippen LogP contribution in [0.1, 0.15) is 39.5 Å². The number of ether oxygens (including phenoxy) is 1. The van der Waals surface area contributed by atoms with Crippen molar-refractivity contribution in [2.75, 3.05) is 13.2 Å². The predicted octanol–water partition coefficient (Wildman–Crippen LogP) is 1.22. The lowest BCUT2D eigenvalue weighted by molar-refractivity contribution is -0.126. The van der Waals surface area contributed by atoms with E-state index in [0.717, 1.165) is 25.9 Å². The molecule has 1 saturated heterocycles. The molecule has 0 radical (unpaired) electrons. The van der Waals surface area contributed by atoms with Crippen LogP contribution in [0.25, 0.3) is 0 Å². The van der Waals surface area contributed by atoms with Crippen LogP contribution in [-0.2, 0) is 9.53 Å². The fourth-order valence-corrected chi connectivity index (χ4v) is 1.65. The van der Waals surface area contributed by atoms with Gasteiger partial charge < -0.3 is 15.8 Å². The second-order valence-corrected chi connectivity index (χ2v) is 4.83. The Hall–Kier alpha value is -0.320. The number of rotatable bonds is 4. The van der Waals surface area contributed by atoms with Gasteiger partial charge in [0.1, 0.15) is 0 Å². The van der Waals surface area contributed by atoms with E-state index in [-0.39, 0.29) is 30.0 Å². The first-order chi connectivity index (χ1) is 7.03. The van der Waals surface area contributed by atoms with E-state index in [9.17, 15) is 4.79 Å². The van der Waals surface area contributed by atoms with Crippen LogP contribution in [0.15, 0.2) is 0 Å². The first-order valence-electron chi connectivity index (χ1n) is 5.66. The Morgan fingerprint density at radius 3 is 2.69 bits per heavy atom. The fraction of sp³-hybridized carbons (Fsp3) is 0.909. The van der Waals surface area contributed by atoms with Crippen LogP contribution in [0.4, 0.5) is 0 Å². The first kappa shape index (κ1) is 15.7. The Balaban J connectivity index is 0.00000225. The minimum atomic E-state index is -0.314. The van der Waals surface area contributed by atoms with Crippen LogP contribution in [0.3, 0.4) is 0 Å². The van der Waals surface area contributed by atoms with Crippen molar-refractivity contribution in [1.29, 1.82) is 0 Å². The van der Waals surface area contributed by atoms with Crippen LogP contribution in [-0.4, -0.2) is 30.7 Å². The van der Waals surface area contributed by atoms with E-state index in [1.165, 1.54) is 0 Å². The lowest BCUT2D eigenvalue weighted by Gasteiger charge is -2.27. The molecule has 1 rings (SSSR count). The summed E-state index contributed by atoms with van der Waals surface area (Å²) in [5.74, 6) is 0.0392. The van der Waals surface area contributed by atoms with Crippen LogP contribution >= 0.6 is 12.4 Å². The van der Waals surface area contributed by atoms with Crippen molar-refractivity contribution < 1.29 is 9.53 Å². The summed E-state index contributed by atoms with van der Waals surface area (Å²) in [6.45, 7) is 5.09. The lowest BCUT2D eigenvalue weighted by atomic mass is 10.0. The van der Waals surface area contributed by atoms with Crippen molar-refractivity contribution in [2.45, 2.75) is 51.2 Å². The monoisotopic (exact) mass is 250 g/mol. The second kappa shape index (κ2) is 7.09. The van der Waals surface area contributed by atoms with Gasteiger partial charge in [-0.05, 0) is 33.1 Å². The Morgan fingerprint density at radius 1 is 1.50 bits per heavy atom. The number of nitrogens with two attached hydrogens (primary N) is 1. The van der Waals surface area contributed by atoms with E-state index in [1.807, 2.05) is 13.8 Å². The number of carbonyl (C=O) groups is 1. The van der Waals surface area contributed by atoms with Gasteiger partial charge in [0.05, 0.1) is 12.5 Å². The lowest BCUT2D eigenvalue weighted by Crippen LogP contribution is -2.49. The number of nitrogens with one attached hydrogen (secondary N) is 1. The number of hydrogen-bond acceptors (Lipinski definition) is 3. The summed E-state index contributed by atoms with van der Waals surface area (Å²) >= 11 is 0. The summed E-state index contributed by atoms with van der Waals surface area (Å²) in [6.07, 6.45) is 3.84. The van der Waals surface area contributed by atoms with E-state index < -0.39 is 0 Å². The smallest absolute Gasteiger partial charge is 0.223 e. The molecule has 0 saturated carbocycles. The van der Waals surface area contributed by atoms with Crippen LogP contribution in [0.2, 0.25) is 0 Å². The summed E-state index contributed by atoms with van der Waals surface area (Å²) in [4.78, 5) is 11.6. The average Bonchev–Trinajstić information content (AvgIpc) is 2.18. The van der Waals surface area contributed by atoms with Gasteiger partial charge in [0.15, 0.2) is 0 Å². The molecule has 0 spiro atoms. The summed E-state index contributed by atoms with van der Waals surface area (Å²) in [6, 6.07) is 0. The molecule has 0 aromatic rings. The molecule has 96 valence electrons. The van der Waals surface area contributed by atoms with Gasteiger partial charge in [-0.2, -0.15) is 0 Å². The van der Waals surface area contributed by atoms with Gasteiger partial charge in [0.2, 0.25) is 5.91 Å². The predicted molar refractivity (Wildman–Crippen MR) is 66.7 cm³/mol. The van der Waals surface area contributed by atoms with E-state index in [2.05, 4.69) is 5.32 Å². The Kier molecular flexibility index (Phi) is 6.95. The molecule has 4 nitrogen and oxygen atoms in total. The van der Waals surface area contributed by atoms with Gasteiger partial charge >= 0.3 is 0 Å². The Morgan fingerprint density at radius 2 is 2.19 bits per heavy atom. The van der Waals surface area contributed by atoms with Crippen molar-refractivity contribution in [3.05, 3.63) is 0 Å². The minimum absolute atomic E-state index is 0. The molecule has 1 fully saturated rings. The molecule has 1 amide bonds. The number of amides is 1. The molecule has 1 heterocycles. The third-order valence-corrected chi connectivity index (χ3v) is 2.68. The molecule has 1 aliphatic rings. The van der Waals surface area contributed by atoms with Gasteiger partial charge in [-0.1, -0.05) is 0 Å². The van der Waals surface area contributed by atoms with Gasteiger partial charge in [-0.3, -0.25) is 4.79 Å². The maximum absolute atomic E-state index is 11.6. The van der Waals surface area contributed by atoms with Gasteiger partial charge in [-0.25, -0.2) is 0 Å². The second-order valence-electron chi connectivity index (χ2n) is 4.83. The first-order valence-corrected chi connectivity index (χ1v) is 5.66. The number of carbonyl (C=O) groups excluding carboxylic acids is 1. The topological polar surface area (TPSA) is 64.3 Å². The van der Waals surface area contributed by atoms with Crippen molar-refractivity contribution in [3.63, 3.8) is 0 Å². The van der Waals surface area contributed by atoms with Gasteiger partial charge in [0, 0.05) is 18.7 Å². The molecule has 1 atom stereocenters. The van der Waals surface area contributed by atoms with Crippen molar-refractivity contribution in [1.82, 2.24) is 5.32 Å². The molecule has 0 aromatic heterocycles. The molecule has 1 aliphatic heterocycles. The summed E-state index contributed by atoms with van der Waals surface area (Å²) in [5, 5.41) is 2.91. The van der Waals surface area contributed by atoms with Gasteiger partial charge in [-0.15, -0.1) is 12.4 Å². The molecule has 1 unspecified atom stereocenters. The largest absolute Gasteiger partial charge is 0.378 e. The molecule has 0 aromatic carbocycles. The van der Waals surface area contributed by atoms with Crippen molar-refractivity contribution in [3.8, 4) is 0 Å². The van der Waals surface area contributed by atoms with Crippen LogP contribution < -0.4 is 11.1 Å². The highest BCUT2D eigenvalue weighted by atomic mass is 35.5. The van der Waals surface area contributed by atoms with Gasteiger partial charge in [0.25, 0.3) is 0 Å². The number of halogens is 1. The Labute approximate surface area is 104 Å². The highest BCUT2D eigenvalue weighted by Crippen LogP contribution is 2.15. The molecule has 0 aliphatic carbocycles. The van der Waals surface area contributed by atoms with E-state index in [0.29, 0.717) is 13.0 Å². The highest BCUT2D eigenvalue weighted by Gasteiger charge is 2.22. The fourth-order valence-electron chi connectivity index (χ4n) is 1.65. The third-order valence-electron chi connectivity index (χ3n) is 2.68. The molecule has 16 heavy (non-hydrogen) atoms. The number of hydrogen-bond donors (Lipinski definition) is 2. The van der Waals surface area contributed by atoms with E-state index in [1.54, 1.807) is 0 Å². The van der Waals surface area contributed by atoms with Crippen LogP contribution in [0, 0.1) is 0 Å². The summed E-state index contributed by atoms with van der Waals surface area (Å²) < 4.78 is 5.50. The molecular weight excluding hydrogens is 228 g/mol. The maximum atomic E-state index is 11.6.